The van der Waals surface area contributed by atoms with Crippen LogP contribution in [-0.4, -0.2) is 63.9 Å². The lowest BCUT2D eigenvalue weighted by Gasteiger charge is -2.71. The molecule has 2 fully saturated rings. The second-order valence-corrected chi connectivity index (χ2v) is 8.35. The first-order valence-corrected chi connectivity index (χ1v) is 9.91. The molecule has 0 aliphatic carbocycles. The molecule has 2 atom stereocenters. The Morgan fingerprint density at radius 1 is 1.22 bits per heavy atom. The minimum absolute atomic E-state index is 0.0458. The van der Waals surface area contributed by atoms with E-state index in [0.717, 1.165) is 17.1 Å². The van der Waals surface area contributed by atoms with Crippen LogP contribution in [0.15, 0.2) is 41.9 Å². The van der Waals surface area contributed by atoms with E-state index in [0.29, 0.717) is 13.1 Å². The number of rotatable bonds is 6. The van der Waals surface area contributed by atoms with E-state index in [9.17, 15) is 18.3 Å². The van der Waals surface area contributed by atoms with Gasteiger partial charge in [0.05, 0.1) is 25.1 Å². The molecule has 1 N–H and O–H groups in total. The first kappa shape index (κ1) is 18.9. The minimum atomic E-state index is -4.19. The quantitative estimate of drug-likeness (QED) is 0.813. The number of benzene rings is 1. The summed E-state index contributed by atoms with van der Waals surface area (Å²) in [6, 6.07) is 9.58. The fraction of sp³-hybridized carbons (Fsp3) is 0.526. The van der Waals surface area contributed by atoms with Crippen LogP contribution in [0, 0.1) is 0 Å². The Morgan fingerprint density at radius 2 is 1.96 bits per heavy atom. The topological polar surface area (TPSA) is 39.6 Å². The molecular formula is C19H22F3N3OS. The van der Waals surface area contributed by atoms with Crippen LogP contribution in [0.2, 0.25) is 0 Å². The Bertz CT molecular complexity index is 747. The van der Waals surface area contributed by atoms with E-state index in [1.807, 2.05) is 40.6 Å². The van der Waals surface area contributed by atoms with E-state index in [1.165, 1.54) is 0 Å². The van der Waals surface area contributed by atoms with Crippen LogP contribution in [0.1, 0.15) is 22.9 Å². The highest BCUT2D eigenvalue weighted by atomic mass is 32.1. The number of aliphatic hydroxyl groups excluding tert-OH is 1. The normalized spacial score (nSPS) is 25.3. The number of aromatic nitrogens is 1. The van der Waals surface area contributed by atoms with Gasteiger partial charge in [-0.1, -0.05) is 30.3 Å². The summed E-state index contributed by atoms with van der Waals surface area (Å²) in [6.45, 7) is 1.91. The third-order valence-electron chi connectivity index (χ3n) is 5.76. The monoisotopic (exact) mass is 397 g/mol. The highest BCUT2D eigenvalue weighted by Gasteiger charge is 2.65. The van der Waals surface area contributed by atoms with Crippen LogP contribution in [0.3, 0.4) is 0 Å². The van der Waals surface area contributed by atoms with Gasteiger partial charge in [0.1, 0.15) is 5.01 Å². The van der Waals surface area contributed by atoms with Crippen molar-refractivity contribution >= 4 is 11.3 Å². The number of hydrogen-bond donors (Lipinski definition) is 1. The molecule has 4 rings (SSSR count). The van der Waals surface area contributed by atoms with Crippen LogP contribution < -0.4 is 0 Å². The van der Waals surface area contributed by atoms with Crippen molar-refractivity contribution in [3.8, 4) is 0 Å². The van der Waals surface area contributed by atoms with Crippen molar-refractivity contribution in [2.24, 2.45) is 0 Å². The molecular weight excluding hydrogens is 375 g/mol. The Labute approximate surface area is 160 Å². The fourth-order valence-corrected chi connectivity index (χ4v) is 5.40. The number of halogens is 3. The van der Waals surface area contributed by atoms with Gasteiger partial charge in [0.2, 0.25) is 0 Å². The third kappa shape index (κ3) is 3.51. The maximum Gasteiger partial charge on any atom is 0.390 e. The molecule has 0 unspecified atom stereocenters. The predicted molar refractivity (Wildman–Crippen MR) is 97.6 cm³/mol. The molecule has 2 aliphatic heterocycles. The predicted octanol–water partition coefficient (Wildman–Crippen LogP) is 3.11. The SMILES string of the molecule is OC[C@H]1[C@@H](c2ccccc2)C2(CN(Cc3nccs3)C2)N1CCC(F)(F)F. The van der Waals surface area contributed by atoms with Gasteiger partial charge in [0, 0.05) is 43.2 Å². The van der Waals surface area contributed by atoms with Crippen molar-refractivity contribution in [3.05, 3.63) is 52.5 Å². The maximum atomic E-state index is 12.8. The van der Waals surface area contributed by atoms with Crippen molar-refractivity contribution in [1.29, 1.82) is 0 Å². The van der Waals surface area contributed by atoms with Crippen LogP contribution >= 0.6 is 11.3 Å². The van der Waals surface area contributed by atoms with Crippen molar-refractivity contribution < 1.29 is 18.3 Å². The zero-order chi connectivity index (χ0) is 19.1. The van der Waals surface area contributed by atoms with E-state index in [-0.39, 0.29) is 30.7 Å². The molecule has 0 radical (unpaired) electrons. The largest absolute Gasteiger partial charge is 0.395 e. The molecule has 146 valence electrons. The van der Waals surface area contributed by atoms with Gasteiger partial charge in [-0.05, 0) is 5.56 Å². The highest BCUT2D eigenvalue weighted by molar-refractivity contribution is 7.09. The summed E-state index contributed by atoms with van der Waals surface area (Å²) in [5.74, 6) is 0.0458. The van der Waals surface area contributed by atoms with Gasteiger partial charge >= 0.3 is 6.18 Å². The Morgan fingerprint density at radius 3 is 2.56 bits per heavy atom. The molecule has 4 nitrogen and oxygen atoms in total. The molecule has 2 aromatic rings. The summed E-state index contributed by atoms with van der Waals surface area (Å²) in [5, 5.41) is 12.8. The summed E-state index contributed by atoms with van der Waals surface area (Å²) in [6.07, 6.45) is -3.27. The lowest BCUT2D eigenvalue weighted by molar-refractivity contribution is -0.209. The van der Waals surface area contributed by atoms with Gasteiger partial charge in [-0.2, -0.15) is 13.2 Å². The van der Waals surface area contributed by atoms with Gasteiger partial charge in [0.15, 0.2) is 0 Å². The zero-order valence-corrected chi connectivity index (χ0v) is 15.6. The van der Waals surface area contributed by atoms with E-state index < -0.39 is 12.6 Å². The van der Waals surface area contributed by atoms with Gasteiger partial charge in [-0.15, -0.1) is 11.3 Å². The Balaban J connectivity index is 1.53. The van der Waals surface area contributed by atoms with Gasteiger partial charge < -0.3 is 5.11 Å². The molecule has 1 aromatic heterocycles. The first-order chi connectivity index (χ1) is 12.9. The average molecular weight is 397 g/mol. The number of thiazole rings is 1. The molecule has 8 heteroatoms. The van der Waals surface area contributed by atoms with Crippen molar-refractivity contribution in [2.75, 3.05) is 26.2 Å². The number of nitrogens with zero attached hydrogens (tertiary/aromatic N) is 3. The molecule has 27 heavy (non-hydrogen) atoms. The molecule has 0 saturated carbocycles. The fourth-order valence-electron chi connectivity index (χ4n) is 4.74. The highest BCUT2D eigenvalue weighted by Crippen LogP contribution is 2.54. The Hall–Kier alpha value is -1.48. The summed E-state index contributed by atoms with van der Waals surface area (Å²) < 4.78 is 38.5. The van der Waals surface area contributed by atoms with Crippen molar-refractivity contribution in [3.63, 3.8) is 0 Å². The molecule has 3 heterocycles. The smallest absolute Gasteiger partial charge is 0.390 e. The number of alkyl halides is 3. The zero-order valence-electron chi connectivity index (χ0n) is 14.8. The lowest BCUT2D eigenvalue weighted by Crippen LogP contribution is -2.84. The molecule has 0 bridgehead atoms. The molecule has 1 aromatic carbocycles. The van der Waals surface area contributed by atoms with E-state index >= 15 is 0 Å². The van der Waals surface area contributed by atoms with Gasteiger partial charge in [0.25, 0.3) is 0 Å². The maximum absolute atomic E-state index is 12.8. The van der Waals surface area contributed by atoms with Crippen LogP contribution in [-0.2, 0) is 6.54 Å². The third-order valence-corrected chi connectivity index (χ3v) is 6.52. The van der Waals surface area contributed by atoms with E-state index in [1.54, 1.807) is 17.5 Å². The van der Waals surface area contributed by atoms with Crippen molar-refractivity contribution in [2.45, 2.75) is 36.6 Å². The van der Waals surface area contributed by atoms with Crippen molar-refractivity contribution in [1.82, 2.24) is 14.8 Å². The number of likely N-dealkylation sites (tertiary alicyclic amines) is 2. The van der Waals surface area contributed by atoms with Crippen LogP contribution in [0.4, 0.5) is 13.2 Å². The minimum Gasteiger partial charge on any atom is -0.395 e. The van der Waals surface area contributed by atoms with E-state index in [2.05, 4.69) is 9.88 Å². The average Bonchev–Trinajstić information content (AvgIpc) is 3.09. The first-order valence-electron chi connectivity index (χ1n) is 9.03. The van der Waals surface area contributed by atoms with Crippen LogP contribution in [0.25, 0.3) is 0 Å². The van der Waals surface area contributed by atoms with E-state index in [4.69, 9.17) is 0 Å². The molecule has 0 amide bonds. The second kappa shape index (κ2) is 7.16. The van der Waals surface area contributed by atoms with Gasteiger partial charge in [-0.25, -0.2) is 4.98 Å². The lowest BCUT2D eigenvalue weighted by atomic mass is 9.60. The summed E-state index contributed by atoms with van der Waals surface area (Å²) in [7, 11) is 0. The Kier molecular flexibility index (Phi) is 5.00. The molecule has 2 aliphatic rings. The summed E-state index contributed by atoms with van der Waals surface area (Å²) in [5.41, 5.74) is 0.755. The second-order valence-electron chi connectivity index (χ2n) is 7.37. The molecule has 2 saturated heterocycles. The van der Waals surface area contributed by atoms with Crippen LogP contribution in [0.5, 0.6) is 0 Å². The van der Waals surface area contributed by atoms with Gasteiger partial charge in [-0.3, -0.25) is 9.80 Å². The summed E-state index contributed by atoms with van der Waals surface area (Å²) in [4.78, 5) is 8.41. The molecule has 1 spiro atoms. The number of hydrogen-bond acceptors (Lipinski definition) is 5. The summed E-state index contributed by atoms with van der Waals surface area (Å²) >= 11 is 1.59. The standard InChI is InChI=1S/C19H22F3N3OS/c20-19(21,22)6-8-25-15(11-26)17(14-4-2-1-3-5-14)18(25)12-24(13-18)10-16-23-7-9-27-16/h1-5,7,9,15,17,26H,6,8,10-13H2/t15-,17+/m0/s1. The number of aliphatic hydroxyl groups is 1.